The fraction of sp³-hybridized carbons (Fsp3) is 0.529. The smallest absolute Gasteiger partial charge is 0.239 e. The third-order valence-corrected chi connectivity index (χ3v) is 2.82. The van der Waals surface area contributed by atoms with Gasteiger partial charge in [0.05, 0.1) is 13.2 Å². The van der Waals surface area contributed by atoms with Crippen LogP contribution in [-0.2, 0) is 11.3 Å². The zero-order valence-electron chi connectivity index (χ0n) is 15.1. The molecule has 0 fully saturated rings. The summed E-state index contributed by atoms with van der Waals surface area (Å²) in [6, 6.07) is 7.87. The fourth-order valence-electron chi connectivity index (χ4n) is 1.94. The Morgan fingerprint density at radius 3 is 2.54 bits per heavy atom. The van der Waals surface area contributed by atoms with Gasteiger partial charge in [0, 0.05) is 19.1 Å². The van der Waals surface area contributed by atoms with E-state index in [0.29, 0.717) is 19.1 Å². The molecule has 3 N–H and O–H groups in total. The number of nitrogens with one attached hydrogen (secondary N) is 3. The van der Waals surface area contributed by atoms with Gasteiger partial charge in [0.2, 0.25) is 5.91 Å². The second kappa shape index (κ2) is 11.1. The number of nitrogens with zero attached hydrogens (tertiary/aromatic N) is 1. The molecule has 0 radical (unpaired) electrons. The van der Waals surface area contributed by atoms with Gasteiger partial charge in [0.15, 0.2) is 5.96 Å². The van der Waals surface area contributed by atoms with Crippen molar-refractivity contribution in [3.05, 3.63) is 29.8 Å². The number of carbonyl (C=O) groups is 1. The maximum atomic E-state index is 11.8. The Bertz CT molecular complexity index is 542. The van der Waals surface area contributed by atoms with Crippen LogP contribution < -0.4 is 20.7 Å². The topological polar surface area (TPSA) is 74.8 Å². The van der Waals surface area contributed by atoms with Gasteiger partial charge in [0.1, 0.15) is 5.75 Å². The number of aliphatic imine (C=N–C) groups is 1. The Hall–Kier alpha value is -1.51. The summed E-state index contributed by atoms with van der Waals surface area (Å²) >= 11 is 0. The molecule has 0 aromatic heterocycles. The summed E-state index contributed by atoms with van der Waals surface area (Å²) in [5.74, 6) is 1.36. The van der Waals surface area contributed by atoms with E-state index in [-0.39, 0.29) is 42.0 Å². The summed E-state index contributed by atoms with van der Waals surface area (Å²) < 4.78 is 5.48. The fourth-order valence-corrected chi connectivity index (χ4v) is 1.94. The number of halogens is 1. The molecule has 0 atom stereocenters. The minimum absolute atomic E-state index is 0. The monoisotopic (exact) mass is 448 g/mol. The lowest BCUT2D eigenvalue weighted by Gasteiger charge is -2.21. The Kier molecular flexibility index (Phi) is 10.4. The number of hydrogen-bond acceptors (Lipinski definition) is 3. The molecule has 0 heterocycles. The van der Waals surface area contributed by atoms with Gasteiger partial charge < -0.3 is 20.7 Å². The largest absolute Gasteiger partial charge is 0.494 e. The van der Waals surface area contributed by atoms with Crippen molar-refractivity contribution in [2.75, 3.05) is 20.2 Å². The van der Waals surface area contributed by atoms with Gasteiger partial charge in [-0.3, -0.25) is 9.79 Å². The molecule has 136 valence electrons. The zero-order chi connectivity index (χ0) is 17.3. The lowest BCUT2D eigenvalue weighted by Crippen LogP contribution is -2.48. The van der Waals surface area contributed by atoms with Crippen LogP contribution in [0.4, 0.5) is 0 Å². The van der Waals surface area contributed by atoms with Crippen molar-refractivity contribution in [2.45, 2.75) is 39.8 Å². The number of guanidine groups is 1. The van der Waals surface area contributed by atoms with Gasteiger partial charge >= 0.3 is 0 Å². The van der Waals surface area contributed by atoms with Crippen LogP contribution in [0, 0.1) is 0 Å². The molecule has 24 heavy (non-hydrogen) atoms. The molecular weight excluding hydrogens is 419 g/mol. The van der Waals surface area contributed by atoms with Gasteiger partial charge in [-0.1, -0.05) is 12.1 Å². The van der Waals surface area contributed by atoms with E-state index < -0.39 is 0 Å². The number of ether oxygens (including phenoxy) is 1. The summed E-state index contributed by atoms with van der Waals surface area (Å²) in [5.41, 5.74) is 0.841. The van der Waals surface area contributed by atoms with E-state index >= 15 is 0 Å². The molecule has 1 rings (SSSR count). The van der Waals surface area contributed by atoms with E-state index in [2.05, 4.69) is 20.9 Å². The first-order valence-corrected chi connectivity index (χ1v) is 7.81. The molecule has 6 nitrogen and oxygen atoms in total. The number of carbonyl (C=O) groups excluding carboxylic acids is 1. The first-order chi connectivity index (χ1) is 10.8. The van der Waals surface area contributed by atoms with Gasteiger partial charge in [-0.2, -0.15) is 0 Å². The maximum absolute atomic E-state index is 11.8. The zero-order valence-corrected chi connectivity index (χ0v) is 17.4. The molecule has 0 aliphatic rings. The van der Waals surface area contributed by atoms with E-state index in [4.69, 9.17) is 4.74 Å². The number of hydrogen-bond donors (Lipinski definition) is 3. The Labute approximate surface area is 161 Å². The first kappa shape index (κ1) is 22.5. The second-order valence-electron chi connectivity index (χ2n) is 6.16. The van der Waals surface area contributed by atoms with E-state index in [1.807, 2.05) is 52.0 Å². The average Bonchev–Trinajstić information content (AvgIpc) is 2.46. The number of rotatable bonds is 6. The predicted octanol–water partition coefficient (Wildman–Crippen LogP) is 2.28. The summed E-state index contributed by atoms with van der Waals surface area (Å²) in [7, 11) is 1.67. The van der Waals surface area contributed by atoms with Gasteiger partial charge in [-0.05, 0) is 45.4 Å². The van der Waals surface area contributed by atoms with Crippen molar-refractivity contribution in [3.8, 4) is 5.75 Å². The summed E-state index contributed by atoms with van der Waals surface area (Å²) in [6.45, 7) is 9.22. The SMILES string of the molecule is CCOc1cccc(CNC(=NC)NCC(=O)NC(C)(C)C)c1.I. The Morgan fingerprint density at radius 1 is 1.25 bits per heavy atom. The van der Waals surface area contributed by atoms with Crippen molar-refractivity contribution >= 4 is 35.8 Å². The lowest BCUT2D eigenvalue weighted by molar-refractivity contribution is -0.121. The second-order valence-corrected chi connectivity index (χ2v) is 6.16. The summed E-state index contributed by atoms with van der Waals surface area (Å²) in [6.07, 6.45) is 0. The van der Waals surface area contributed by atoms with Gasteiger partial charge in [-0.15, -0.1) is 24.0 Å². The van der Waals surface area contributed by atoms with Crippen LogP contribution in [0.5, 0.6) is 5.75 Å². The van der Waals surface area contributed by atoms with E-state index in [1.54, 1.807) is 7.05 Å². The third kappa shape index (κ3) is 9.59. The van der Waals surface area contributed by atoms with Crippen LogP contribution in [0.25, 0.3) is 0 Å². The quantitative estimate of drug-likeness (QED) is 0.355. The van der Waals surface area contributed by atoms with Crippen LogP contribution in [0.2, 0.25) is 0 Å². The summed E-state index contributed by atoms with van der Waals surface area (Å²) in [4.78, 5) is 15.9. The first-order valence-electron chi connectivity index (χ1n) is 7.81. The summed E-state index contributed by atoms with van der Waals surface area (Å²) in [5, 5.41) is 9.07. The molecule has 0 aliphatic carbocycles. The van der Waals surface area contributed by atoms with Gasteiger partial charge in [0.25, 0.3) is 0 Å². The van der Waals surface area contributed by atoms with E-state index in [9.17, 15) is 4.79 Å². The number of amides is 1. The van der Waals surface area contributed by atoms with E-state index in [0.717, 1.165) is 11.3 Å². The van der Waals surface area contributed by atoms with Crippen molar-refractivity contribution in [3.63, 3.8) is 0 Å². The minimum atomic E-state index is -0.241. The average molecular weight is 448 g/mol. The molecular formula is C17H29IN4O2. The Morgan fingerprint density at radius 2 is 1.96 bits per heavy atom. The van der Waals surface area contributed by atoms with Crippen LogP contribution in [0.15, 0.2) is 29.3 Å². The molecule has 0 saturated heterocycles. The molecule has 0 unspecified atom stereocenters. The Balaban J connectivity index is 0.00000529. The molecule has 0 saturated carbocycles. The minimum Gasteiger partial charge on any atom is -0.494 e. The molecule has 7 heteroatoms. The highest BCUT2D eigenvalue weighted by Gasteiger charge is 2.13. The van der Waals surface area contributed by atoms with Crippen molar-refractivity contribution in [2.24, 2.45) is 4.99 Å². The molecule has 1 aromatic carbocycles. The number of benzene rings is 1. The molecule has 0 spiro atoms. The lowest BCUT2D eigenvalue weighted by atomic mass is 10.1. The highest BCUT2D eigenvalue weighted by molar-refractivity contribution is 14.0. The van der Waals surface area contributed by atoms with Crippen molar-refractivity contribution in [1.29, 1.82) is 0 Å². The van der Waals surface area contributed by atoms with E-state index in [1.165, 1.54) is 0 Å². The predicted molar refractivity (Wildman–Crippen MR) is 109 cm³/mol. The standard InChI is InChI=1S/C17H28N4O2.HI/c1-6-23-14-9-7-8-13(10-14)11-19-16(18-5)20-12-15(22)21-17(2,3)4;/h7-10H,6,11-12H2,1-5H3,(H,21,22)(H2,18,19,20);1H. The normalized spacial score (nSPS) is 11.3. The van der Waals surface area contributed by atoms with Crippen molar-refractivity contribution < 1.29 is 9.53 Å². The molecule has 0 bridgehead atoms. The van der Waals surface area contributed by atoms with Gasteiger partial charge in [-0.25, -0.2) is 0 Å². The molecule has 0 aliphatic heterocycles. The van der Waals surface area contributed by atoms with Crippen LogP contribution >= 0.6 is 24.0 Å². The van der Waals surface area contributed by atoms with Crippen LogP contribution in [0.1, 0.15) is 33.3 Å². The third-order valence-electron chi connectivity index (χ3n) is 2.82. The van der Waals surface area contributed by atoms with Crippen molar-refractivity contribution in [1.82, 2.24) is 16.0 Å². The molecule has 1 aromatic rings. The highest BCUT2D eigenvalue weighted by atomic mass is 127. The van der Waals surface area contributed by atoms with Crippen LogP contribution in [0.3, 0.4) is 0 Å². The molecule has 1 amide bonds. The highest BCUT2D eigenvalue weighted by Crippen LogP contribution is 2.12. The maximum Gasteiger partial charge on any atom is 0.239 e. The van der Waals surface area contributed by atoms with Crippen LogP contribution in [-0.4, -0.2) is 37.6 Å².